The van der Waals surface area contributed by atoms with Crippen LogP contribution in [0.5, 0.6) is 0 Å². The minimum Gasteiger partial charge on any atom is -0.456 e. The van der Waals surface area contributed by atoms with Crippen molar-refractivity contribution in [2.75, 3.05) is 0 Å². The second kappa shape index (κ2) is 17.9. The zero-order valence-corrected chi connectivity index (χ0v) is 35.2. The van der Waals surface area contributed by atoms with Gasteiger partial charge in [-0.25, -0.2) is 4.99 Å². The summed E-state index contributed by atoms with van der Waals surface area (Å²) in [7, 11) is 0. The van der Waals surface area contributed by atoms with Gasteiger partial charge in [-0.2, -0.15) is 0 Å². The highest BCUT2D eigenvalue weighted by atomic mass is 16.3. The molecule has 4 nitrogen and oxygen atoms in total. The summed E-state index contributed by atoms with van der Waals surface area (Å²) in [5.74, 6) is 2.38. The van der Waals surface area contributed by atoms with Crippen molar-refractivity contribution in [3.8, 4) is 0 Å². The van der Waals surface area contributed by atoms with Gasteiger partial charge in [0.2, 0.25) is 0 Å². The molecule has 1 unspecified atom stereocenters. The van der Waals surface area contributed by atoms with Crippen LogP contribution >= 0.6 is 0 Å². The number of fused-ring (bicyclic) bond motifs is 4. The Labute approximate surface area is 350 Å². The second-order valence-electron chi connectivity index (χ2n) is 16.5. The van der Waals surface area contributed by atoms with Gasteiger partial charge in [-0.1, -0.05) is 152 Å². The van der Waals surface area contributed by atoms with E-state index in [9.17, 15) is 0 Å². The highest BCUT2D eigenvalue weighted by Gasteiger charge is 2.31. The topological polar surface area (TPSA) is 63.9 Å². The number of hydrogen-bond acceptors (Lipinski definition) is 2. The van der Waals surface area contributed by atoms with Gasteiger partial charge < -0.3 is 10.2 Å². The number of para-hydroxylation sites is 2. The molecule has 3 aromatic carbocycles. The largest absolute Gasteiger partial charge is 0.456 e. The number of nitrogens with zero attached hydrogens (tertiary/aromatic N) is 2. The highest BCUT2D eigenvalue weighted by Crippen LogP contribution is 2.46. The molecule has 0 bridgehead atoms. The van der Waals surface area contributed by atoms with Crippen molar-refractivity contribution in [1.29, 1.82) is 0 Å². The molecule has 298 valence electrons. The molecule has 1 saturated carbocycles. The van der Waals surface area contributed by atoms with E-state index in [0.29, 0.717) is 30.1 Å². The summed E-state index contributed by atoms with van der Waals surface area (Å²) in [6, 6.07) is 25.2. The summed E-state index contributed by atoms with van der Waals surface area (Å²) >= 11 is 0. The third-order valence-corrected chi connectivity index (χ3v) is 12.1. The first-order valence-corrected chi connectivity index (χ1v) is 21.6. The van der Waals surface area contributed by atoms with Gasteiger partial charge in [-0.15, -0.1) is 0 Å². The first-order chi connectivity index (χ1) is 28.8. The first-order valence-electron chi connectivity index (χ1n) is 21.6. The van der Waals surface area contributed by atoms with Crippen LogP contribution in [0.1, 0.15) is 83.8 Å². The number of hydrogen-bond donors (Lipinski definition) is 1. The standard InChI is InChI=1S/C55H57N3O/c1-6-16-36(4)47(8-3)52(37(5)29-38-17-10-9-11-18-38)55(57-35-43-21-15-23-49-48-22-12-13-24-51(48)59-53(43)49)58-54(56)42-20-14-19-39(27-28-42)31-45-32-44(33-46-34-50(45)46)41(7-2)30-40-25-26-40/h6-7,9-13,15-18,21-24,27-28,30,32-34,40,50H,2,8,14,19-20,25-26,29,31,35H2,1,3-5H3,(H2,56,57,58)/b16-6-,41-30+,47-36+,52-37-. The van der Waals surface area contributed by atoms with Crippen molar-refractivity contribution in [3.63, 3.8) is 0 Å². The molecule has 1 fully saturated rings. The summed E-state index contributed by atoms with van der Waals surface area (Å²) in [5.41, 5.74) is 23.8. The fourth-order valence-corrected chi connectivity index (χ4v) is 8.78. The number of aliphatic imine (C=N–C) groups is 2. The second-order valence-corrected chi connectivity index (χ2v) is 16.5. The molecule has 0 spiro atoms. The zero-order valence-electron chi connectivity index (χ0n) is 35.2. The van der Waals surface area contributed by atoms with Crippen molar-refractivity contribution in [3.05, 3.63) is 201 Å². The normalized spacial score (nSPS) is 19.6. The van der Waals surface area contributed by atoms with E-state index in [1.54, 1.807) is 0 Å². The smallest absolute Gasteiger partial charge is 0.157 e. The van der Waals surface area contributed by atoms with Crippen molar-refractivity contribution < 1.29 is 4.42 Å². The molecule has 1 atom stereocenters. The molecule has 1 heterocycles. The van der Waals surface area contributed by atoms with Gasteiger partial charge >= 0.3 is 0 Å². The Morgan fingerprint density at radius 3 is 2.51 bits per heavy atom. The van der Waals surface area contributed by atoms with Crippen LogP contribution in [0, 0.1) is 11.8 Å². The van der Waals surface area contributed by atoms with Crippen molar-refractivity contribution >= 4 is 33.6 Å². The average Bonchev–Trinajstić information content (AvgIpc) is 4.18. The summed E-state index contributed by atoms with van der Waals surface area (Å²) in [6.07, 6.45) is 28.5. The van der Waals surface area contributed by atoms with Crippen molar-refractivity contribution in [2.45, 2.75) is 85.6 Å². The zero-order chi connectivity index (χ0) is 40.9. The Kier molecular flexibility index (Phi) is 12.1. The van der Waals surface area contributed by atoms with Gasteiger partial charge in [0.25, 0.3) is 0 Å². The van der Waals surface area contributed by atoms with Crippen LogP contribution in [0.15, 0.2) is 204 Å². The lowest BCUT2D eigenvalue weighted by Crippen LogP contribution is -2.19. The van der Waals surface area contributed by atoms with E-state index in [2.05, 4.69) is 144 Å². The fraction of sp³-hybridized carbons (Fsp3) is 0.273. The van der Waals surface area contributed by atoms with Gasteiger partial charge in [0.1, 0.15) is 17.0 Å². The number of nitrogens with two attached hydrogens (primary N) is 1. The lowest BCUT2D eigenvalue weighted by Gasteiger charge is -2.19. The Morgan fingerprint density at radius 1 is 0.932 bits per heavy atom. The molecule has 8 rings (SSSR count). The molecule has 4 aromatic rings. The summed E-state index contributed by atoms with van der Waals surface area (Å²) < 4.78 is 6.45. The summed E-state index contributed by atoms with van der Waals surface area (Å²) in [4.78, 5) is 10.7. The number of benzene rings is 3. The molecular formula is C55H57N3O. The van der Waals surface area contributed by atoms with Crippen LogP contribution < -0.4 is 5.73 Å². The van der Waals surface area contributed by atoms with E-state index in [1.165, 1.54) is 63.0 Å². The predicted molar refractivity (Wildman–Crippen MR) is 251 cm³/mol. The summed E-state index contributed by atoms with van der Waals surface area (Å²) in [6.45, 7) is 13.3. The Hall–Kier alpha value is -6.00. The van der Waals surface area contributed by atoms with Gasteiger partial charge in [0.15, 0.2) is 5.84 Å². The van der Waals surface area contributed by atoms with Gasteiger partial charge in [0, 0.05) is 27.8 Å². The Morgan fingerprint density at radius 2 is 1.73 bits per heavy atom. The van der Waals surface area contributed by atoms with Crippen LogP contribution in [0.2, 0.25) is 0 Å². The van der Waals surface area contributed by atoms with Crippen LogP contribution in [-0.4, -0.2) is 11.7 Å². The first kappa shape index (κ1) is 39.8. The molecule has 59 heavy (non-hydrogen) atoms. The lowest BCUT2D eigenvalue weighted by atomic mass is 9.88. The number of rotatable bonds is 14. The monoisotopic (exact) mass is 775 g/mol. The fourth-order valence-electron chi connectivity index (χ4n) is 8.78. The molecule has 1 aromatic heterocycles. The molecule has 0 aliphatic heterocycles. The van der Waals surface area contributed by atoms with Crippen LogP contribution in [0.25, 0.3) is 21.9 Å². The third kappa shape index (κ3) is 9.18. The number of amidine groups is 2. The molecule has 0 radical (unpaired) electrons. The predicted octanol–water partition coefficient (Wildman–Crippen LogP) is 14.1. The van der Waals surface area contributed by atoms with E-state index in [4.69, 9.17) is 20.1 Å². The molecule has 4 aliphatic rings. The molecule has 2 N–H and O–H groups in total. The summed E-state index contributed by atoms with van der Waals surface area (Å²) in [5, 5.41) is 2.21. The van der Waals surface area contributed by atoms with Crippen molar-refractivity contribution in [1.82, 2.24) is 0 Å². The van der Waals surface area contributed by atoms with Gasteiger partial charge in [0.05, 0.1) is 6.54 Å². The third-order valence-electron chi connectivity index (χ3n) is 12.1. The molecule has 4 heteroatoms. The maximum Gasteiger partial charge on any atom is 0.157 e. The number of allylic oxidation sites excluding steroid dienone is 16. The van der Waals surface area contributed by atoms with Crippen LogP contribution in [0.4, 0.5) is 0 Å². The molecular weight excluding hydrogens is 719 g/mol. The minimum absolute atomic E-state index is 0.403. The Bertz CT molecular complexity index is 2630. The van der Waals surface area contributed by atoms with Gasteiger partial charge in [-0.05, 0) is 123 Å². The molecule has 0 saturated heterocycles. The van der Waals surface area contributed by atoms with Crippen molar-refractivity contribution in [2.24, 2.45) is 27.6 Å². The number of furan rings is 1. The van der Waals surface area contributed by atoms with E-state index in [0.717, 1.165) is 77.2 Å². The quantitative estimate of drug-likeness (QED) is 0.0787. The van der Waals surface area contributed by atoms with E-state index in [-0.39, 0.29) is 0 Å². The minimum atomic E-state index is 0.403. The Balaban J connectivity index is 1.17. The van der Waals surface area contributed by atoms with Gasteiger partial charge in [-0.3, -0.25) is 4.99 Å². The van der Waals surface area contributed by atoms with E-state index >= 15 is 0 Å². The molecule has 0 amide bonds. The maximum absolute atomic E-state index is 7.12. The lowest BCUT2D eigenvalue weighted by molar-refractivity contribution is 0.663. The molecule has 4 aliphatic carbocycles. The van der Waals surface area contributed by atoms with Crippen LogP contribution in [-0.2, 0) is 13.0 Å². The average molecular weight is 776 g/mol. The van der Waals surface area contributed by atoms with E-state index < -0.39 is 0 Å². The highest BCUT2D eigenvalue weighted by molar-refractivity contribution is 6.13. The van der Waals surface area contributed by atoms with E-state index in [1.807, 2.05) is 18.2 Å². The van der Waals surface area contributed by atoms with Crippen LogP contribution in [0.3, 0.4) is 0 Å². The maximum atomic E-state index is 7.12. The SMILES string of the molecule is C=C/C(=C\C1CC1)C1=CC2=CC2C(CC2=CC=C(C(N)=NC(=NCc3cccc4c3oc3ccccc34)C(=C(/C)Cc3ccccc3)/C(CC)=C(C)/C=C\C)CCC2)=C1.